The lowest BCUT2D eigenvalue weighted by Crippen LogP contribution is -2.48. The highest BCUT2D eigenvalue weighted by molar-refractivity contribution is 5.68. The summed E-state index contributed by atoms with van der Waals surface area (Å²) >= 11 is 0. The first-order valence-electron chi connectivity index (χ1n) is 7.24. The van der Waals surface area contributed by atoms with Crippen molar-refractivity contribution in [3.63, 3.8) is 0 Å². The van der Waals surface area contributed by atoms with Crippen LogP contribution in [0, 0.1) is 11.3 Å². The number of nitrogens with zero attached hydrogens (tertiary/aromatic N) is 1. The number of piperidine rings is 1. The molecule has 112 valence electrons. The summed E-state index contributed by atoms with van der Waals surface area (Å²) in [5.74, 6) is 0.499. The SMILES string of the molecule is CC(C)(C)OC(=O)N1CCC([C@@H](N)C(C)(C)C)CC1. The van der Waals surface area contributed by atoms with Crippen molar-refractivity contribution in [1.29, 1.82) is 0 Å². The maximum atomic E-state index is 12.0. The van der Waals surface area contributed by atoms with E-state index < -0.39 is 5.60 Å². The predicted octanol–water partition coefficient (Wildman–Crippen LogP) is 3.01. The summed E-state index contributed by atoms with van der Waals surface area (Å²) in [6.45, 7) is 13.7. The van der Waals surface area contributed by atoms with Crippen LogP contribution in [0.2, 0.25) is 0 Å². The molecule has 1 saturated heterocycles. The van der Waals surface area contributed by atoms with Crippen LogP contribution < -0.4 is 5.73 Å². The van der Waals surface area contributed by atoms with Crippen molar-refractivity contribution in [2.45, 2.75) is 66.0 Å². The molecule has 1 aliphatic rings. The van der Waals surface area contributed by atoms with Gasteiger partial charge in [0.15, 0.2) is 0 Å². The Morgan fingerprint density at radius 3 is 2.00 bits per heavy atom. The number of rotatable bonds is 1. The van der Waals surface area contributed by atoms with Gasteiger partial charge in [-0.05, 0) is 44.9 Å². The summed E-state index contributed by atoms with van der Waals surface area (Å²) in [6.07, 6.45) is 1.74. The zero-order valence-corrected chi connectivity index (χ0v) is 13.3. The van der Waals surface area contributed by atoms with Crippen LogP contribution in [-0.4, -0.2) is 35.7 Å². The summed E-state index contributed by atoms with van der Waals surface area (Å²) in [4.78, 5) is 13.8. The highest BCUT2D eigenvalue weighted by atomic mass is 16.6. The summed E-state index contributed by atoms with van der Waals surface area (Å²) in [5, 5.41) is 0. The van der Waals surface area contributed by atoms with Gasteiger partial charge in [-0.2, -0.15) is 0 Å². The molecule has 0 saturated carbocycles. The van der Waals surface area contributed by atoms with Crippen molar-refractivity contribution >= 4 is 6.09 Å². The molecule has 1 fully saturated rings. The van der Waals surface area contributed by atoms with Crippen molar-refractivity contribution in [2.75, 3.05) is 13.1 Å². The molecular formula is C15H30N2O2. The lowest BCUT2D eigenvalue weighted by atomic mass is 9.76. The maximum absolute atomic E-state index is 12.0. The van der Waals surface area contributed by atoms with Gasteiger partial charge in [-0.15, -0.1) is 0 Å². The number of hydrogen-bond acceptors (Lipinski definition) is 3. The Kier molecular flexibility index (Phi) is 4.88. The van der Waals surface area contributed by atoms with E-state index in [9.17, 15) is 4.79 Å². The number of ether oxygens (including phenoxy) is 1. The summed E-state index contributed by atoms with van der Waals surface area (Å²) < 4.78 is 5.40. The van der Waals surface area contributed by atoms with E-state index >= 15 is 0 Å². The van der Waals surface area contributed by atoms with Crippen LogP contribution in [0.5, 0.6) is 0 Å². The van der Waals surface area contributed by atoms with Gasteiger partial charge < -0.3 is 15.4 Å². The van der Waals surface area contributed by atoms with E-state index in [0.717, 1.165) is 25.9 Å². The highest BCUT2D eigenvalue weighted by Crippen LogP contribution is 2.30. The lowest BCUT2D eigenvalue weighted by molar-refractivity contribution is 0.0156. The van der Waals surface area contributed by atoms with Crippen molar-refractivity contribution in [3.8, 4) is 0 Å². The minimum atomic E-state index is -0.421. The molecule has 0 aliphatic carbocycles. The Morgan fingerprint density at radius 1 is 1.16 bits per heavy atom. The molecule has 1 aliphatic heterocycles. The van der Waals surface area contributed by atoms with Crippen LogP contribution in [0.1, 0.15) is 54.4 Å². The highest BCUT2D eigenvalue weighted by Gasteiger charge is 2.33. The first-order valence-corrected chi connectivity index (χ1v) is 7.24. The third-order valence-electron chi connectivity index (χ3n) is 3.70. The first-order chi connectivity index (χ1) is 8.50. The Balaban J connectivity index is 2.47. The van der Waals surface area contributed by atoms with Crippen LogP contribution in [0.4, 0.5) is 4.79 Å². The Bertz CT molecular complexity index is 307. The summed E-state index contributed by atoms with van der Waals surface area (Å²) in [5.41, 5.74) is 6.02. The van der Waals surface area contributed by atoms with Gasteiger partial charge in [0.2, 0.25) is 0 Å². The monoisotopic (exact) mass is 270 g/mol. The average Bonchev–Trinajstić information content (AvgIpc) is 2.24. The smallest absolute Gasteiger partial charge is 0.410 e. The van der Waals surface area contributed by atoms with Gasteiger partial charge >= 0.3 is 6.09 Å². The van der Waals surface area contributed by atoms with E-state index in [-0.39, 0.29) is 17.6 Å². The molecule has 1 atom stereocenters. The minimum Gasteiger partial charge on any atom is -0.444 e. The fraction of sp³-hybridized carbons (Fsp3) is 0.933. The fourth-order valence-corrected chi connectivity index (χ4v) is 2.47. The molecule has 0 radical (unpaired) electrons. The molecule has 1 amide bonds. The molecule has 0 aromatic heterocycles. The molecule has 1 rings (SSSR count). The van der Waals surface area contributed by atoms with E-state index in [0.29, 0.717) is 5.92 Å². The molecular weight excluding hydrogens is 240 g/mol. The Morgan fingerprint density at radius 2 is 1.63 bits per heavy atom. The normalized spacial score (nSPS) is 20.3. The molecule has 0 aromatic rings. The van der Waals surface area contributed by atoms with Crippen LogP contribution >= 0.6 is 0 Å². The molecule has 4 heteroatoms. The van der Waals surface area contributed by atoms with Gasteiger partial charge in [-0.3, -0.25) is 0 Å². The average molecular weight is 270 g/mol. The molecule has 19 heavy (non-hydrogen) atoms. The largest absolute Gasteiger partial charge is 0.444 e. The number of carbonyl (C=O) groups excluding carboxylic acids is 1. The van der Waals surface area contributed by atoms with Crippen molar-refractivity contribution in [3.05, 3.63) is 0 Å². The van der Waals surface area contributed by atoms with Crippen molar-refractivity contribution < 1.29 is 9.53 Å². The zero-order chi connectivity index (χ0) is 14.8. The number of likely N-dealkylation sites (tertiary alicyclic amines) is 1. The van der Waals surface area contributed by atoms with E-state index in [1.807, 2.05) is 20.8 Å². The number of hydrogen-bond donors (Lipinski definition) is 1. The molecule has 0 spiro atoms. The Hall–Kier alpha value is -0.770. The van der Waals surface area contributed by atoms with Crippen molar-refractivity contribution in [2.24, 2.45) is 17.1 Å². The topological polar surface area (TPSA) is 55.6 Å². The number of amides is 1. The zero-order valence-electron chi connectivity index (χ0n) is 13.3. The van der Waals surface area contributed by atoms with Gasteiger partial charge in [0.05, 0.1) is 0 Å². The molecule has 4 nitrogen and oxygen atoms in total. The molecule has 0 aromatic carbocycles. The van der Waals surface area contributed by atoms with Crippen LogP contribution in [0.3, 0.4) is 0 Å². The second kappa shape index (κ2) is 5.70. The van der Waals surface area contributed by atoms with Gasteiger partial charge in [0, 0.05) is 19.1 Å². The Labute approximate surface area is 117 Å². The number of carbonyl (C=O) groups is 1. The van der Waals surface area contributed by atoms with Gasteiger partial charge in [0.1, 0.15) is 5.60 Å². The standard InChI is InChI=1S/C15H30N2O2/c1-14(2,3)12(16)11-7-9-17(10-8-11)13(18)19-15(4,5)6/h11-12H,7-10,16H2,1-6H3/t12-/m1/s1. The third kappa shape index (κ3) is 5.01. The van der Waals surface area contributed by atoms with Gasteiger partial charge in [-0.1, -0.05) is 20.8 Å². The van der Waals surface area contributed by atoms with Gasteiger partial charge in [0.25, 0.3) is 0 Å². The van der Waals surface area contributed by atoms with E-state index in [2.05, 4.69) is 20.8 Å². The second-order valence-electron chi connectivity index (χ2n) is 7.70. The summed E-state index contributed by atoms with van der Waals surface area (Å²) in [7, 11) is 0. The van der Waals surface area contributed by atoms with E-state index in [4.69, 9.17) is 10.5 Å². The van der Waals surface area contributed by atoms with Crippen LogP contribution in [0.15, 0.2) is 0 Å². The van der Waals surface area contributed by atoms with E-state index in [1.54, 1.807) is 4.90 Å². The van der Waals surface area contributed by atoms with Crippen LogP contribution in [0.25, 0.3) is 0 Å². The van der Waals surface area contributed by atoms with Crippen LogP contribution in [-0.2, 0) is 4.74 Å². The first kappa shape index (κ1) is 16.3. The summed E-state index contributed by atoms with van der Waals surface area (Å²) in [6, 6.07) is 0.188. The quantitative estimate of drug-likeness (QED) is 0.797. The second-order valence-corrected chi connectivity index (χ2v) is 7.70. The minimum absolute atomic E-state index is 0.124. The fourth-order valence-electron chi connectivity index (χ4n) is 2.47. The molecule has 0 unspecified atom stereocenters. The molecule has 2 N–H and O–H groups in total. The van der Waals surface area contributed by atoms with Gasteiger partial charge in [-0.25, -0.2) is 4.79 Å². The number of nitrogens with two attached hydrogens (primary N) is 1. The van der Waals surface area contributed by atoms with Crippen molar-refractivity contribution in [1.82, 2.24) is 4.90 Å². The third-order valence-corrected chi connectivity index (χ3v) is 3.70. The lowest BCUT2D eigenvalue weighted by Gasteiger charge is -2.40. The molecule has 1 heterocycles. The van der Waals surface area contributed by atoms with E-state index in [1.165, 1.54) is 0 Å². The molecule has 0 bridgehead atoms. The maximum Gasteiger partial charge on any atom is 0.410 e. The predicted molar refractivity (Wildman–Crippen MR) is 78.0 cm³/mol.